The van der Waals surface area contributed by atoms with Gasteiger partial charge in [-0.1, -0.05) is 39.0 Å². The van der Waals surface area contributed by atoms with Gasteiger partial charge in [0.25, 0.3) is 0 Å². The zero-order valence-corrected chi connectivity index (χ0v) is 9.13. The molecule has 0 amide bonds. The summed E-state index contributed by atoms with van der Waals surface area (Å²) in [5.74, 6) is 0. The number of hydrogen-bond acceptors (Lipinski definition) is 1. The third-order valence-corrected chi connectivity index (χ3v) is 1.56. The van der Waals surface area contributed by atoms with Crippen molar-refractivity contribution in [3.05, 3.63) is 0 Å². The SMILES string of the molecule is CCCCCCCCN.[SeH2]. The summed E-state index contributed by atoms with van der Waals surface area (Å²) in [5.41, 5.74) is 5.34. The monoisotopic (exact) mass is 211 g/mol. The first-order chi connectivity index (χ1) is 4.41. The number of nitrogens with two attached hydrogens (primary N) is 1. The third kappa shape index (κ3) is 11.3. The molecule has 0 aliphatic rings. The van der Waals surface area contributed by atoms with Gasteiger partial charge in [-0.05, 0) is 13.0 Å². The second-order valence-corrected chi connectivity index (χ2v) is 2.56. The van der Waals surface area contributed by atoms with E-state index in [1.165, 1.54) is 38.5 Å². The van der Waals surface area contributed by atoms with Crippen molar-refractivity contribution in [1.82, 2.24) is 0 Å². The molecule has 2 heteroatoms. The maximum atomic E-state index is 5.34. The second-order valence-electron chi connectivity index (χ2n) is 2.56. The molecule has 2 N–H and O–H groups in total. The van der Waals surface area contributed by atoms with Gasteiger partial charge >= 0.3 is 17.1 Å². The molecule has 10 heavy (non-hydrogen) atoms. The van der Waals surface area contributed by atoms with Gasteiger partial charge in [0.15, 0.2) is 0 Å². The summed E-state index contributed by atoms with van der Waals surface area (Å²) in [6.07, 6.45) is 8.05. The van der Waals surface area contributed by atoms with E-state index in [4.69, 9.17) is 5.73 Å². The summed E-state index contributed by atoms with van der Waals surface area (Å²) in [4.78, 5) is 0. The summed E-state index contributed by atoms with van der Waals surface area (Å²) in [5, 5.41) is 0. The Labute approximate surface area is 75.2 Å². The molecule has 1 nitrogen and oxygen atoms in total. The van der Waals surface area contributed by atoms with Crippen LogP contribution in [0.15, 0.2) is 0 Å². The van der Waals surface area contributed by atoms with Crippen LogP contribution in [0.2, 0.25) is 0 Å². The molecule has 0 aromatic heterocycles. The Bertz CT molecular complexity index is 42.5. The van der Waals surface area contributed by atoms with E-state index >= 15 is 0 Å². The topological polar surface area (TPSA) is 26.0 Å². The van der Waals surface area contributed by atoms with Crippen LogP contribution in [0.1, 0.15) is 45.4 Å². The normalized spacial score (nSPS) is 9.00. The second kappa shape index (κ2) is 12.2. The molecule has 0 saturated heterocycles. The molecule has 64 valence electrons. The molecule has 0 saturated carbocycles. The van der Waals surface area contributed by atoms with Crippen LogP contribution in [-0.2, 0) is 0 Å². The molecule has 0 fully saturated rings. The first kappa shape index (κ1) is 13.1. The van der Waals surface area contributed by atoms with Gasteiger partial charge in [-0.3, -0.25) is 0 Å². The van der Waals surface area contributed by atoms with Crippen LogP contribution in [0.3, 0.4) is 0 Å². The van der Waals surface area contributed by atoms with Crippen LogP contribution in [0, 0.1) is 0 Å². The average Bonchev–Trinajstić information content (AvgIpc) is 1.89. The van der Waals surface area contributed by atoms with Gasteiger partial charge in [-0.25, -0.2) is 0 Å². The molecule has 0 unspecified atom stereocenters. The van der Waals surface area contributed by atoms with Crippen molar-refractivity contribution < 1.29 is 0 Å². The Morgan fingerprint density at radius 1 is 0.900 bits per heavy atom. The zero-order valence-electron chi connectivity index (χ0n) is 7.03. The van der Waals surface area contributed by atoms with Crippen molar-refractivity contribution in [1.29, 1.82) is 0 Å². The van der Waals surface area contributed by atoms with E-state index in [2.05, 4.69) is 6.92 Å². The summed E-state index contributed by atoms with van der Waals surface area (Å²) in [6.45, 7) is 3.11. The van der Waals surface area contributed by atoms with E-state index in [-0.39, 0.29) is 17.1 Å². The molecule has 0 radical (unpaired) electrons. The predicted molar refractivity (Wildman–Crippen MR) is 51.0 cm³/mol. The fourth-order valence-electron chi connectivity index (χ4n) is 0.925. The molecule has 0 spiro atoms. The first-order valence-corrected chi connectivity index (χ1v) is 4.12. The van der Waals surface area contributed by atoms with Crippen LogP contribution >= 0.6 is 0 Å². The Morgan fingerprint density at radius 3 is 1.90 bits per heavy atom. The first-order valence-electron chi connectivity index (χ1n) is 4.12. The molecule has 0 aliphatic carbocycles. The number of unbranched alkanes of at least 4 members (excludes halogenated alkanes) is 5. The molecule has 0 aliphatic heterocycles. The zero-order chi connectivity index (χ0) is 6.95. The summed E-state index contributed by atoms with van der Waals surface area (Å²) >= 11 is 0. The van der Waals surface area contributed by atoms with Gasteiger partial charge in [-0.2, -0.15) is 0 Å². The minimum atomic E-state index is 0. The van der Waals surface area contributed by atoms with Crippen molar-refractivity contribution in [3.63, 3.8) is 0 Å². The van der Waals surface area contributed by atoms with Gasteiger partial charge < -0.3 is 5.73 Å². The van der Waals surface area contributed by atoms with Gasteiger partial charge in [-0.15, -0.1) is 0 Å². The van der Waals surface area contributed by atoms with E-state index in [1.807, 2.05) is 0 Å². The molecule has 0 heterocycles. The molecule has 0 atom stereocenters. The quantitative estimate of drug-likeness (QED) is 0.520. The van der Waals surface area contributed by atoms with E-state index in [0.717, 1.165) is 6.54 Å². The third-order valence-electron chi connectivity index (χ3n) is 1.56. The fourth-order valence-corrected chi connectivity index (χ4v) is 0.925. The number of hydrogen-bond donors (Lipinski definition) is 1. The van der Waals surface area contributed by atoms with E-state index in [0.29, 0.717) is 0 Å². The summed E-state index contributed by atoms with van der Waals surface area (Å²) < 4.78 is 0. The van der Waals surface area contributed by atoms with E-state index in [1.54, 1.807) is 0 Å². The molecular weight excluding hydrogens is 189 g/mol. The van der Waals surface area contributed by atoms with E-state index in [9.17, 15) is 0 Å². The van der Waals surface area contributed by atoms with Crippen molar-refractivity contribution in [2.24, 2.45) is 5.73 Å². The Balaban J connectivity index is 0. The summed E-state index contributed by atoms with van der Waals surface area (Å²) in [7, 11) is 0. The standard InChI is InChI=1S/C8H19N.H2Se/c1-2-3-4-5-6-7-8-9;/h2-9H2,1H3;1H2. The van der Waals surface area contributed by atoms with Gasteiger partial charge in [0.1, 0.15) is 0 Å². The average molecular weight is 210 g/mol. The van der Waals surface area contributed by atoms with Gasteiger partial charge in [0, 0.05) is 0 Å². The number of rotatable bonds is 6. The van der Waals surface area contributed by atoms with Crippen molar-refractivity contribution in [3.8, 4) is 0 Å². The predicted octanol–water partition coefficient (Wildman–Crippen LogP) is 1.39. The van der Waals surface area contributed by atoms with Gasteiger partial charge in [0.05, 0.1) is 0 Å². The Hall–Kier alpha value is 0.479. The Morgan fingerprint density at radius 2 is 1.40 bits per heavy atom. The van der Waals surface area contributed by atoms with Crippen LogP contribution in [0.5, 0.6) is 0 Å². The molecule has 0 rings (SSSR count). The fraction of sp³-hybridized carbons (Fsp3) is 1.00. The van der Waals surface area contributed by atoms with Crippen LogP contribution in [0.25, 0.3) is 0 Å². The molecule has 0 aromatic carbocycles. The van der Waals surface area contributed by atoms with Crippen molar-refractivity contribution in [2.75, 3.05) is 6.54 Å². The molecular formula is C8H21NSe. The van der Waals surface area contributed by atoms with E-state index < -0.39 is 0 Å². The summed E-state index contributed by atoms with van der Waals surface area (Å²) in [6, 6.07) is 0. The Kier molecular flexibility index (Phi) is 16.0. The maximum absolute atomic E-state index is 5.34. The van der Waals surface area contributed by atoms with Gasteiger partial charge in [0.2, 0.25) is 0 Å². The van der Waals surface area contributed by atoms with Crippen molar-refractivity contribution >= 4 is 17.1 Å². The minimum absolute atomic E-state index is 0. The molecule has 0 bridgehead atoms. The van der Waals surface area contributed by atoms with Crippen LogP contribution in [-0.4, -0.2) is 23.6 Å². The molecule has 0 aromatic rings. The van der Waals surface area contributed by atoms with Crippen LogP contribution < -0.4 is 5.73 Å². The van der Waals surface area contributed by atoms with Crippen molar-refractivity contribution in [2.45, 2.75) is 45.4 Å². The van der Waals surface area contributed by atoms with Crippen LogP contribution in [0.4, 0.5) is 0 Å².